The average Bonchev–Trinajstić information content (AvgIpc) is 2.79. The predicted octanol–water partition coefficient (Wildman–Crippen LogP) is 7.98. The minimum absolute atomic E-state index is 0.221. The molecule has 0 spiro atoms. The molecule has 2 aromatic rings. The molecule has 0 aliphatic heterocycles. The highest BCUT2D eigenvalue weighted by Gasteiger charge is 2.10. The van der Waals surface area contributed by atoms with Crippen LogP contribution < -0.4 is 5.32 Å². The molecule has 0 atom stereocenters. The van der Waals surface area contributed by atoms with Gasteiger partial charge in [0.15, 0.2) is 0 Å². The molecule has 0 aliphatic rings. The van der Waals surface area contributed by atoms with Gasteiger partial charge in [-0.15, -0.1) is 0 Å². The van der Waals surface area contributed by atoms with Crippen LogP contribution in [0.4, 0.5) is 5.69 Å². The number of carbonyl (C=O) groups excluding carboxylic acids is 2. The molecule has 1 amide bonds. The number of esters is 1. The maximum absolute atomic E-state index is 12.4. The van der Waals surface area contributed by atoms with Crippen molar-refractivity contribution < 1.29 is 14.3 Å². The first-order chi connectivity index (χ1) is 15.5. The molecule has 5 heteroatoms. The van der Waals surface area contributed by atoms with E-state index in [1.807, 2.05) is 6.92 Å². The molecule has 32 heavy (non-hydrogen) atoms. The number of unbranched alkanes of at least 4 members (excludes halogenated alkanes) is 9. The lowest BCUT2D eigenvalue weighted by molar-refractivity contribution is 0.0497. The monoisotopic (exact) mass is 457 g/mol. The van der Waals surface area contributed by atoms with E-state index < -0.39 is 0 Å². The fraction of sp³-hybridized carbons (Fsp3) is 0.481. The van der Waals surface area contributed by atoms with Crippen molar-refractivity contribution in [2.45, 2.75) is 78.1 Å². The molecule has 4 nitrogen and oxygen atoms in total. The van der Waals surface area contributed by atoms with Gasteiger partial charge in [0.1, 0.15) is 0 Å². The first-order valence-electron chi connectivity index (χ1n) is 11.9. The van der Waals surface area contributed by atoms with E-state index in [1.165, 1.54) is 51.4 Å². The molecule has 0 aliphatic carbocycles. The van der Waals surface area contributed by atoms with Gasteiger partial charge >= 0.3 is 5.97 Å². The summed E-state index contributed by atoms with van der Waals surface area (Å²) >= 11 is 6.01. The zero-order valence-corrected chi connectivity index (χ0v) is 20.2. The lowest BCUT2D eigenvalue weighted by Crippen LogP contribution is -2.12. The Bertz CT molecular complexity index is 848. The van der Waals surface area contributed by atoms with Crippen LogP contribution in [0.15, 0.2) is 42.5 Å². The van der Waals surface area contributed by atoms with Crippen LogP contribution >= 0.6 is 11.6 Å². The highest BCUT2D eigenvalue weighted by Crippen LogP contribution is 2.18. The molecule has 2 rings (SSSR count). The number of hydrogen-bond acceptors (Lipinski definition) is 3. The Hall–Kier alpha value is -2.33. The van der Waals surface area contributed by atoms with E-state index in [1.54, 1.807) is 42.5 Å². The molecule has 1 N–H and O–H groups in total. The molecule has 0 radical (unpaired) electrons. The third-order valence-corrected chi connectivity index (χ3v) is 5.95. The molecule has 0 fully saturated rings. The average molecular weight is 458 g/mol. The fourth-order valence-corrected chi connectivity index (χ4v) is 3.63. The van der Waals surface area contributed by atoms with Gasteiger partial charge in [-0.25, -0.2) is 4.79 Å². The van der Waals surface area contributed by atoms with E-state index in [4.69, 9.17) is 16.3 Å². The number of nitrogens with one attached hydrogen (secondary N) is 1. The molecule has 0 saturated carbocycles. The molecule has 0 unspecified atom stereocenters. The summed E-state index contributed by atoms with van der Waals surface area (Å²) in [5, 5.41) is 3.45. The smallest absolute Gasteiger partial charge is 0.338 e. The third-order valence-electron chi connectivity index (χ3n) is 5.53. The number of anilines is 1. The van der Waals surface area contributed by atoms with Crippen molar-refractivity contribution >= 4 is 29.2 Å². The van der Waals surface area contributed by atoms with E-state index >= 15 is 0 Å². The largest absolute Gasteiger partial charge is 0.462 e. The van der Waals surface area contributed by atoms with Crippen LogP contribution in [0.2, 0.25) is 5.02 Å². The molecular weight excluding hydrogens is 422 g/mol. The van der Waals surface area contributed by atoms with Crippen LogP contribution in [0.5, 0.6) is 0 Å². The molecular formula is C27H36ClNO3. The Balaban J connectivity index is 1.63. The molecule has 0 aromatic heterocycles. The van der Waals surface area contributed by atoms with Crippen molar-refractivity contribution in [2.75, 3.05) is 11.9 Å². The Morgan fingerprint density at radius 1 is 0.812 bits per heavy atom. The third kappa shape index (κ3) is 9.44. The van der Waals surface area contributed by atoms with E-state index in [-0.39, 0.29) is 11.9 Å². The summed E-state index contributed by atoms with van der Waals surface area (Å²) < 4.78 is 5.38. The van der Waals surface area contributed by atoms with Crippen LogP contribution in [0.1, 0.15) is 97.4 Å². The maximum atomic E-state index is 12.4. The fourth-order valence-electron chi connectivity index (χ4n) is 3.52. The Kier molecular flexibility index (Phi) is 11.9. The number of benzene rings is 2. The second-order valence-corrected chi connectivity index (χ2v) is 8.72. The van der Waals surface area contributed by atoms with Crippen molar-refractivity contribution in [3.05, 3.63) is 64.2 Å². The second-order valence-electron chi connectivity index (χ2n) is 8.31. The highest BCUT2D eigenvalue weighted by atomic mass is 35.5. The summed E-state index contributed by atoms with van der Waals surface area (Å²) in [5.74, 6) is -0.548. The molecule has 0 heterocycles. The van der Waals surface area contributed by atoms with E-state index in [2.05, 4.69) is 12.2 Å². The topological polar surface area (TPSA) is 55.4 Å². The summed E-state index contributed by atoms with van der Waals surface area (Å²) in [4.78, 5) is 24.6. The van der Waals surface area contributed by atoms with Gasteiger partial charge in [-0.05, 0) is 61.4 Å². The second kappa shape index (κ2) is 14.7. The van der Waals surface area contributed by atoms with E-state index in [9.17, 15) is 9.59 Å². The van der Waals surface area contributed by atoms with Crippen LogP contribution in [-0.2, 0) is 4.74 Å². The lowest BCUT2D eigenvalue weighted by Gasteiger charge is -2.08. The van der Waals surface area contributed by atoms with Crippen LogP contribution in [0.25, 0.3) is 0 Å². The zero-order chi connectivity index (χ0) is 23.2. The summed E-state index contributed by atoms with van der Waals surface area (Å²) in [6.45, 7) is 4.55. The Morgan fingerprint density at radius 3 is 1.97 bits per heavy atom. The predicted molar refractivity (Wildman–Crippen MR) is 133 cm³/mol. The van der Waals surface area contributed by atoms with Crippen molar-refractivity contribution in [3.8, 4) is 0 Å². The number of ether oxygens (including phenoxy) is 1. The first-order valence-corrected chi connectivity index (χ1v) is 12.2. The quantitative estimate of drug-likeness (QED) is 0.231. The van der Waals surface area contributed by atoms with Crippen LogP contribution in [-0.4, -0.2) is 18.5 Å². The van der Waals surface area contributed by atoms with Gasteiger partial charge in [-0.1, -0.05) is 76.3 Å². The van der Waals surface area contributed by atoms with Gasteiger partial charge in [0, 0.05) is 16.3 Å². The number of rotatable bonds is 14. The number of hydrogen-bond donors (Lipinski definition) is 1. The van der Waals surface area contributed by atoms with Crippen molar-refractivity contribution in [3.63, 3.8) is 0 Å². The number of aryl methyl sites for hydroxylation is 1. The normalized spacial score (nSPS) is 10.7. The van der Waals surface area contributed by atoms with Gasteiger partial charge in [0.25, 0.3) is 5.91 Å². The minimum atomic E-state index is -0.327. The van der Waals surface area contributed by atoms with Crippen molar-refractivity contribution in [1.82, 2.24) is 0 Å². The molecule has 0 saturated heterocycles. The number of halogens is 1. The van der Waals surface area contributed by atoms with Gasteiger partial charge in [-0.2, -0.15) is 0 Å². The Morgan fingerprint density at radius 2 is 1.38 bits per heavy atom. The van der Waals surface area contributed by atoms with Gasteiger partial charge in [0.2, 0.25) is 0 Å². The lowest BCUT2D eigenvalue weighted by atomic mass is 10.1. The van der Waals surface area contributed by atoms with Crippen LogP contribution in [0, 0.1) is 6.92 Å². The zero-order valence-electron chi connectivity index (χ0n) is 19.4. The molecule has 0 bridgehead atoms. The SMILES string of the molecule is CCCCCCCCCCCCOC(=O)c1ccc(NC(=O)c2ccc(Cl)c(C)c2)cc1. The number of carbonyl (C=O) groups is 2. The van der Waals surface area contributed by atoms with Gasteiger partial charge < -0.3 is 10.1 Å². The summed E-state index contributed by atoms with van der Waals surface area (Å²) in [5.41, 5.74) is 2.48. The Labute approximate surface area is 197 Å². The summed E-state index contributed by atoms with van der Waals surface area (Å²) in [7, 11) is 0. The van der Waals surface area contributed by atoms with E-state index in [0.717, 1.165) is 18.4 Å². The minimum Gasteiger partial charge on any atom is -0.462 e. The van der Waals surface area contributed by atoms with Gasteiger partial charge in [-0.3, -0.25) is 4.79 Å². The molecule has 2 aromatic carbocycles. The summed E-state index contributed by atoms with van der Waals surface area (Å²) in [6, 6.07) is 11.9. The maximum Gasteiger partial charge on any atom is 0.338 e. The molecule has 174 valence electrons. The van der Waals surface area contributed by atoms with E-state index in [0.29, 0.717) is 28.4 Å². The first kappa shape index (κ1) is 25.9. The van der Waals surface area contributed by atoms with Crippen molar-refractivity contribution in [2.24, 2.45) is 0 Å². The summed E-state index contributed by atoms with van der Waals surface area (Å²) in [6.07, 6.45) is 12.5. The number of amides is 1. The standard InChI is InChI=1S/C27H36ClNO3/c1-3-4-5-6-7-8-9-10-11-12-19-32-27(31)22-13-16-24(17-14-22)29-26(30)23-15-18-25(28)21(2)20-23/h13-18,20H,3-12,19H2,1-2H3,(H,29,30). The highest BCUT2D eigenvalue weighted by molar-refractivity contribution is 6.31. The van der Waals surface area contributed by atoms with Crippen LogP contribution in [0.3, 0.4) is 0 Å². The van der Waals surface area contributed by atoms with Crippen molar-refractivity contribution in [1.29, 1.82) is 0 Å². The van der Waals surface area contributed by atoms with Gasteiger partial charge in [0.05, 0.1) is 12.2 Å².